The summed E-state index contributed by atoms with van der Waals surface area (Å²) in [4.78, 5) is 13.2. The fraction of sp³-hybridized carbons (Fsp3) is 0.267. The normalized spacial score (nSPS) is 11.4. The summed E-state index contributed by atoms with van der Waals surface area (Å²) in [5, 5.41) is 0. The zero-order valence-corrected chi connectivity index (χ0v) is 11.3. The van der Waals surface area contributed by atoms with Gasteiger partial charge in [-0.25, -0.2) is 15.0 Å². The van der Waals surface area contributed by atoms with Crippen LogP contribution < -0.4 is 0 Å². The van der Waals surface area contributed by atoms with Crippen molar-refractivity contribution < 1.29 is 0 Å². The maximum atomic E-state index is 4.52. The van der Waals surface area contributed by atoms with Gasteiger partial charge in [-0.15, -0.1) is 0 Å². The van der Waals surface area contributed by atoms with Crippen molar-refractivity contribution in [2.45, 2.75) is 19.8 Å². The molecule has 4 heteroatoms. The zero-order valence-electron chi connectivity index (χ0n) is 11.3. The average molecular weight is 252 g/mol. The number of nitrogens with zero attached hydrogens (tertiary/aromatic N) is 4. The Kier molecular flexibility index (Phi) is 2.78. The number of hydrogen-bond acceptors (Lipinski definition) is 3. The molecule has 0 atom stereocenters. The molecule has 0 saturated carbocycles. The van der Waals surface area contributed by atoms with Crippen molar-refractivity contribution in [1.29, 1.82) is 0 Å². The molecule has 2 aromatic heterocycles. The lowest BCUT2D eigenvalue weighted by Gasteiger charge is -2.07. The summed E-state index contributed by atoms with van der Waals surface area (Å²) in [5.41, 5.74) is 4.02. The highest BCUT2D eigenvalue weighted by Crippen LogP contribution is 2.22. The summed E-state index contributed by atoms with van der Waals surface area (Å²) in [6.45, 7) is 4.36. The highest BCUT2D eigenvalue weighted by Gasteiger charge is 2.07. The van der Waals surface area contributed by atoms with Gasteiger partial charge in [-0.05, 0) is 17.5 Å². The van der Waals surface area contributed by atoms with E-state index in [0.717, 1.165) is 22.6 Å². The third kappa shape index (κ3) is 2.10. The Bertz CT molecular complexity index is 728. The van der Waals surface area contributed by atoms with E-state index >= 15 is 0 Å². The molecule has 3 aromatic rings. The van der Waals surface area contributed by atoms with Gasteiger partial charge in [0.05, 0.1) is 12.5 Å². The Morgan fingerprint density at radius 3 is 2.79 bits per heavy atom. The summed E-state index contributed by atoms with van der Waals surface area (Å²) in [6.07, 6.45) is 3.58. The summed E-state index contributed by atoms with van der Waals surface area (Å²) in [7, 11) is 1.94. The van der Waals surface area contributed by atoms with E-state index in [1.807, 2.05) is 23.9 Å². The van der Waals surface area contributed by atoms with Crippen LogP contribution in [0.4, 0.5) is 0 Å². The van der Waals surface area contributed by atoms with E-state index in [4.69, 9.17) is 0 Å². The van der Waals surface area contributed by atoms with Crippen LogP contribution in [0.2, 0.25) is 0 Å². The largest absolute Gasteiger partial charge is 0.331 e. The van der Waals surface area contributed by atoms with Crippen molar-refractivity contribution in [1.82, 2.24) is 19.5 Å². The first kappa shape index (κ1) is 11.8. The Morgan fingerprint density at radius 1 is 1.16 bits per heavy atom. The Balaban J connectivity index is 2.10. The molecule has 0 spiro atoms. The number of imidazole rings is 1. The van der Waals surface area contributed by atoms with Crippen LogP contribution in [0.3, 0.4) is 0 Å². The van der Waals surface area contributed by atoms with Crippen LogP contribution in [-0.4, -0.2) is 19.5 Å². The van der Waals surface area contributed by atoms with Gasteiger partial charge in [0.2, 0.25) is 0 Å². The molecular weight excluding hydrogens is 236 g/mol. The second-order valence-corrected chi connectivity index (χ2v) is 5.04. The van der Waals surface area contributed by atoms with Gasteiger partial charge in [0.1, 0.15) is 5.52 Å². The molecule has 96 valence electrons. The van der Waals surface area contributed by atoms with Crippen LogP contribution >= 0.6 is 0 Å². The van der Waals surface area contributed by atoms with Crippen LogP contribution in [0, 0.1) is 0 Å². The molecule has 0 N–H and O–H groups in total. The first-order valence-electron chi connectivity index (χ1n) is 6.39. The van der Waals surface area contributed by atoms with Crippen LogP contribution in [0.25, 0.3) is 22.6 Å². The second kappa shape index (κ2) is 4.46. The van der Waals surface area contributed by atoms with Gasteiger partial charge in [-0.1, -0.05) is 32.0 Å². The molecule has 0 unspecified atom stereocenters. The maximum absolute atomic E-state index is 4.52. The highest BCUT2D eigenvalue weighted by molar-refractivity contribution is 5.72. The molecule has 19 heavy (non-hydrogen) atoms. The fourth-order valence-electron chi connectivity index (χ4n) is 2.09. The van der Waals surface area contributed by atoms with Crippen LogP contribution in [0.15, 0.2) is 36.8 Å². The molecule has 0 radical (unpaired) electrons. The smallest absolute Gasteiger partial charge is 0.181 e. The topological polar surface area (TPSA) is 43.6 Å². The molecule has 0 aliphatic rings. The zero-order chi connectivity index (χ0) is 13.4. The van der Waals surface area contributed by atoms with Gasteiger partial charge in [-0.2, -0.15) is 0 Å². The lowest BCUT2D eigenvalue weighted by atomic mass is 10.0. The minimum absolute atomic E-state index is 0.499. The van der Waals surface area contributed by atoms with Crippen molar-refractivity contribution >= 4 is 11.2 Å². The standard InChI is InChI=1S/C15H16N4/c1-10(2)11-5-4-6-12(7-11)14-16-8-13-15(18-14)17-9-19(13)3/h4-10H,1-3H3. The van der Waals surface area contributed by atoms with Crippen LogP contribution in [-0.2, 0) is 7.05 Å². The third-order valence-corrected chi connectivity index (χ3v) is 3.29. The monoisotopic (exact) mass is 252 g/mol. The van der Waals surface area contributed by atoms with E-state index in [9.17, 15) is 0 Å². The van der Waals surface area contributed by atoms with Crippen LogP contribution in [0.5, 0.6) is 0 Å². The van der Waals surface area contributed by atoms with Gasteiger partial charge in [-0.3, -0.25) is 0 Å². The van der Waals surface area contributed by atoms with E-state index in [0.29, 0.717) is 5.92 Å². The molecule has 0 saturated heterocycles. The highest BCUT2D eigenvalue weighted by atomic mass is 15.1. The molecule has 4 nitrogen and oxygen atoms in total. The quantitative estimate of drug-likeness (QED) is 0.703. The number of fused-ring (bicyclic) bond motifs is 1. The van der Waals surface area contributed by atoms with Crippen molar-refractivity contribution in [3.05, 3.63) is 42.4 Å². The molecule has 0 amide bonds. The predicted molar refractivity (Wildman–Crippen MR) is 75.8 cm³/mol. The predicted octanol–water partition coefficient (Wildman–Crippen LogP) is 3.15. The Hall–Kier alpha value is -2.23. The number of benzene rings is 1. The van der Waals surface area contributed by atoms with E-state index in [2.05, 4.69) is 47.0 Å². The summed E-state index contributed by atoms with van der Waals surface area (Å²) in [5.74, 6) is 1.23. The van der Waals surface area contributed by atoms with Crippen molar-refractivity contribution in [3.63, 3.8) is 0 Å². The van der Waals surface area contributed by atoms with Gasteiger partial charge < -0.3 is 4.57 Å². The Labute approximate surface area is 112 Å². The van der Waals surface area contributed by atoms with Gasteiger partial charge in [0.25, 0.3) is 0 Å². The average Bonchev–Trinajstić information content (AvgIpc) is 2.80. The number of hydrogen-bond donors (Lipinski definition) is 0. The third-order valence-electron chi connectivity index (χ3n) is 3.29. The van der Waals surface area contributed by atoms with Crippen molar-refractivity contribution in [3.8, 4) is 11.4 Å². The fourth-order valence-corrected chi connectivity index (χ4v) is 2.09. The van der Waals surface area contributed by atoms with E-state index in [-0.39, 0.29) is 0 Å². The molecule has 0 bridgehead atoms. The Morgan fingerprint density at radius 2 is 2.00 bits per heavy atom. The minimum Gasteiger partial charge on any atom is -0.331 e. The molecule has 0 fully saturated rings. The number of aromatic nitrogens is 4. The summed E-state index contributed by atoms with van der Waals surface area (Å²) in [6, 6.07) is 8.37. The lowest BCUT2D eigenvalue weighted by molar-refractivity contribution is 0.867. The summed E-state index contributed by atoms with van der Waals surface area (Å²) < 4.78 is 1.92. The van der Waals surface area contributed by atoms with Crippen LogP contribution in [0.1, 0.15) is 25.3 Å². The second-order valence-electron chi connectivity index (χ2n) is 5.04. The van der Waals surface area contributed by atoms with Gasteiger partial charge in [0.15, 0.2) is 11.5 Å². The summed E-state index contributed by atoms with van der Waals surface area (Å²) >= 11 is 0. The van der Waals surface area contributed by atoms with Gasteiger partial charge >= 0.3 is 0 Å². The lowest BCUT2D eigenvalue weighted by Crippen LogP contribution is -1.93. The SMILES string of the molecule is CC(C)c1cccc(-c2ncc3c(ncn3C)n2)c1. The van der Waals surface area contributed by atoms with E-state index in [1.54, 1.807) is 6.33 Å². The molecule has 3 rings (SSSR count). The first-order valence-corrected chi connectivity index (χ1v) is 6.39. The number of rotatable bonds is 2. The molecular formula is C15H16N4. The molecule has 0 aliphatic heterocycles. The first-order chi connectivity index (χ1) is 9.15. The van der Waals surface area contributed by atoms with Crippen molar-refractivity contribution in [2.75, 3.05) is 0 Å². The minimum atomic E-state index is 0.499. The maximum Gasteiger partial charge on any atom is 0.181 e. The van der Waals surface area contributed by atoms with Crippen molar-refractivity contribution in [2.24, 2.45) is 7.05 Å². The molecule has 0 aliphatic carbocycles. The number of aryl methyl sites for hydroxylation is 1. The van der Waals surface area contributed by atoms with E-state index < -0.39 is 0 Å². The van der Waals surface area contributed by atoms with E-state index in [1.165, 1.54) is 5.56 Å². The van der Waals surface area contributed by atoms with Gasteiger partial charge in [0, 0.05) is 12.6 Å². The molecule has 2 heterocycles. The molecule has 1 aromatic carbocycles.